The number of amides is 1. The summed E-state index contributed by atoms with van der Waals surface area (Å²) in [5.41, 5.74) is 1.70. The summed E-state index contributed by atoms with van der Waals surface area (Å²) < 4.78 is 44.8. The third-order valence-corrected chi connectivity index (χ3v) is 7.12. The maximum Gasteiger partial charge on any atom is 0.280 e. The third-order valence-electron chi connectivity index (χ3n) is 5.53. The van der Waals surface area contributed by atoms with Crippen molar-refractivity contribution < 1.29 is 27.4 Å². The Bertz CT molecular complexity index is 1060. The van der Waals surface area contributed by atoms with Crippen molar-refractivity contribution in [1.29, 1.82) is 0 Å². The number of nitrogens with one attached hydrogen (secondary N) is 2. The highest BCUT2D eigenvalue weighted by molar-refractivity contribution is 7.87. The van der Waals surface area contributed by atoms with E-state index in [9.17, 15) is 13.2 Å². The Morgan fingerprint density at radius 1 is 1.09 bits per heavy atom. The van der Waals surface area contributed by atoms with Crippen LogP contribution >= 0.6 is 0 Å². The molecule has 9 nitrogen and oxygen atoms in total. The number of carbonyl (C=O) groups is 1. The van der Waals surface area contributed by atoms with Gasteiger partial charge in [-0.2, -0.15) is 17.4 Å². The van der Waals surface area contributed by atoms with Gasteiger partial charge in [0.2, 0.25) is 5.91 Å². The SMILES string of the molecule is COc1cccc([C@@H]2C[C@H](C(=O)NCCc3ccc(OC)c(OC)c3)N(C)S(=O)(=O)N2)c1. The Morgan fingerprint density at radius 2 is 1.84 bits per heavy atom. The molecule has 1 aliphatic rings. The van der Waals surface area contributed by atoms with Crippen molar-refractivity contribution in [2.75, 3.05) is 34.9 Å². The van der Waals surface area contributed by atoms with Gasteiger partial charge in [-0.15, -0.1) is 0 Å². The first-order valence-corrected chi connectivity index (χ1v) is 11.6. The molecule has 2 N–H and O–H groups in total. The minimum atomic E-state index is -3.82. The Balaban J connectivity index is 1.67. The molecule has 2 aromatic carbocycles. The molecule has 1 saturated heterocycles. The van der Waals surface area contributed by atoms with Gasteiger partial charge < -0.3 is 19.5 Å². The first-order valence-electron chi connectivity index (χ1n) is 10.2. The van der Waals surface area contributed by atoms with Gasteiger partial charge in [-0.05, 0) is 48.2 Å². The maximum absolute atomic E-state index is 12.9. The van der Waals surface area contributed by atoms with Gasteiger partial charge in [0.1, 0.15) is 11.8 Å². The summed E-state index contributed by atoms with van der Waals surface area (Å²) in [5, 5.41) is 2.86. The van der Waals surface area contributed by atoms with Crippen molar-refractivity contribution in [2.45, 2.75) is 24.9 Å². The van der Waals surface area contributed by atoms with Gasteiger partial charge in [-0.1, -0.05) is 18.2 Å². The number of methoxy groups -OCH3 is 3. The smallest absolute Gasteiger partial charge is 0.280 e. The molecular formula is C22H29N3O6S. The zero-order chi connectivity index (χ0) is 23.3. The van der Waals surface area contributed by atoms with Crippen molar-refractivity contribution in [3.05, 3.63) is 53.6 Å². The van der Waals surface area contributed by atoms with E-state index >= 15 is 0 Å². The van der Waals surface area contributed by atoms with Crippen LogP contribution < -0.4 is 24.2 Å². The van der Waals surface area contributed by atoms with E-state index < -0.39 is 22.3 Å². The molecule has 174 valence electrons. The predicted molar refractivity (Wildman–Crippen MR) is 120 cm³/mol. The lowest BCUT2D eigenvalue weighted by atomic mass is 9.99. The zero-order valence-corrected chi connectivity index (χ0v) is 19.4. The van der Waals surface area contributed by atoms with Crippen molar-refractivity contribution in [3.8, 4) is 17.2 Å². The molecule has 1 amide bonds. The average molecular weight is 464 g/mol. The molecular weight excluding hydrogens is 434 g/mol. The molecule has 32 heavy (non-hydrogen) atoms. The topological polar surface area (TPSA) is 106 Å². The molecule has 1 fully saturated rings. The molecule has 1 heterocycles. The van der Waals surface area contributed by atoms with Gasteiger partial charge in [0.15, 0.2) is 11.5 Å². The van der Waals surface area contributed by atoms with Crippen LogP contribution in [0.3, 0.4) is 0 Å². The van der Waals surface area contributed by atoms with Crippen LogP contribution in [0.4, 0.5) is 0 Å². The summed E-state index contributed by atoms with van der Waals surface area (Å²) in [7, 11) is 2.27. The first kappa shape index (κ1) is 23.8. The van der Waals surface area contributed by atoms with E-state index in [2.05, 4.69) is 10.0 Å². The summed E-state index contributed by atoms with van der Waals surface area (Å²) in [6.45, 7) is 0.357. The molecule has 0 bridgehead atoms. The second-order valence-corrected chi connectivity index (χ2v) is 9.21. The summed E-state index contributed by atoms with van der Waals surface area (Å²) >= 11 is 0. The summed E-state index contributed by atoms with van der Waals surface area (Å²) in [6, 6.07) is 11.3. The second kappa shape index (κ2) is 10.2. The fourth-order valence-corrected chi connectivity index (χ4v) is 4.94. The van der Waals surface area contributed by atoms with Crippen LogP contribution in [-0.4, -0.2) is 59.6 Å². The van der Waals surface area contributed by atoms with E-state index in [1.165, 1.54) is 7.05 Å². The number of nitrogens with zero attached hydrogens (tertiary/aromatic N) is 1. The second-order valence-electron chi connectivity index (χ2n) is 7.45. The van der Waals surface area contributed by atoms with Crippen LogP contribution in [-0.2, 0) is 21.4 Å². The molecule has 0 unspecified atom stereocenters. The largest absolute Gasteiger partial charge is 0.497 e. The van der Waals surface area contributed by atoms with Gasteiger partial charge in [-0.25, -0.2) is 0 Å². The number of rotatable bonds is 8. The average Bonchev–Trinajstić information content (AvgIpc) is 2.80. The lowest BCUT2D eigenvalue weighted by Crippen LogP contribution is -2.57. The molecule has 0 saturated carbocycles. The van der Waals surface area contributed by atoms with Gasteiger partial charge >= 0.3 is 0 Å². The Labute approximate surface area is 188 Å². The summed E-state index contributed by atoms with van der Waals surface area (Å²) in [6.07, 6.45) is 0.859. The van der Waals surface area contributed by atoms with E-state index in [4.69, 9.17) is 14.2 Å². The zero-order valence-electron chi connectivity index (χ0n) is 18.6. The lowest BCUT2D eigenvalue weighted by molar-refractivity contribution is -0.125. The molecule has 0 radical (unpaired) electrons. The highest BCUT2D eigenvalue weighted by Gasteiger charge is 2.40. The molecule has 0 aliphatic carbocycles. The van der Waals surface area contributed by atoms with Gasteiger partial charge in [-0.3, -0.25) is 4.79 Å². The predicted octanol–water partition coefficient (Wildman–Crippen LogP) is 1.65. The molecule has 3 rings (SSSR count). The standard InChI is InChI=1S/C22H29N3O6S/c1-25-19(14-18(24-32(25,27)28)16-6-5-7-17(13-16)29-2)22(26)23-11-10-15-8-9-20(30-3)21(12-15)31-4/h5-9,12-13,18-19,24H,10-11,14H2,1-4H3,(H,23,26)/t18-,19+/m0/s1. The number of ether oxygens (including phenoxy) is 3. The number of hydrogen-bond donors (Lipinski definition) is 2. The van der Waals surface area contributed by atoms with Crippen molar-refractivity contribution in [3.63, 3.8) is 0 Å². The van der Waals surface area contributed by atoms with Crippen molar-refractivity contribution in [2.24, 2.45) is 0 Å². The highest BCUT2D eigenvalue weighted by atomic mass is 32.2. The van der Waals surface area contributed by atoms with E-state index in [0.29, 0.717) is 36.6 Å². The fraction of sp³-hybridized carbons (Fsp3) is 0.409. The van der Waals surface area contributed by atoms with Crippen molar-refractivity contribution >= 4 is 16.1 Å². The minimum absolute atomic E-state index is 0.297. The minimum Gasteiger partial charge on any atom is -0.497 e. The number of likely N-dealkylation sites (N-methyl/N-ethyl adjacent to an activating group) is 1. The fourth-order valence-electron chi connectivity index (χ4n) is 3.67. The monoisotopic (exact) mass is 463 g/mol. The maximum atomic E-state index is 12.9. The quantitative estimate of drug-likeness (QED) is 0.617. The Hall–Kier alpha value is -2.82. The summed E-state index contributed by atoms with van der Waals surface area (Å²) in [5.74, 6) is 1.52. The molecule has 1 aliphatic heterocycles. The van der Waals surface area contributed by atoms with Crippen LogP contribution in [0.25, 0.3) is 0 Å². The van der Waals surface area contributed by atoms with E-state index in [0.717, 1.165) is 15.4 Å². The number of hydrogen-bond acceptors (Lipinski definition) is 6. The van der Waals surface area contributed by atoms with Crippen LogP contribution in [0.1, 0.15) is 23.6 Å². The molecule has 0 spiro atoms. The van der Waals surface area contributed by atoms with E-state index in [-0.39, 0.29) is 5.91 Å². The third kappa shape index (κ3) is 5.32. The molecule has 2 atom stereocenters. The Kier molecular flexibility index (Phi) is 7.60. The normalized spacial score (nSPS) is 20.4. The van der Waals surface area contributed by atoms with Crippen LogP contribution in [0.2, 0.25) is 0 Å². The molecule has 2 aromatic rings. The van der Waals surface area contributed by atoms with Gasteiger partial charge in [0.25, 0.3) is 10.2 Å². The first-order chi connectivity index (χ1) is 15.3. The summed E-state index contributed by atoms with van der Waals surface area (Å²) in [4.78, 5) is 12.9. The highest BCUT2D eigenvalue weighted by Crippen LogP contribution is 2.30. The van der Waals surface area contributed by atoms with Crippen LogP contribution in [0.5, 0.6) is 17.2 Å². The Morgan fingerprint density at radius 3 is 2.53 bits per heavy atom. The van der Waals surface area contributed by atoms with E-state index in [1.54, 1.807) is 39.5 Å². The van der Waals surface area contributed by atoms with E-state index in [1.807, 2.05) is 24.3 Å². The van der Waals surface area contributed by atoms with Crippen LogP contribution in [0, 0.1) is 0 Å². The van der Waals surface area contributed by atoms with Crippen LogP contribution in [0.15, 0.2) is 42.5 Å². The molecule has 10 heteroatoms. The number of carbonyl (C=O) groups excluding carboxylic acids is 1. The van der Waals surface area contributed by atoms with Crippen molar-refractivity contribution in [1.82, 2.24) is 14.3 Å². The number of benzene rings is 2. The van der Waals surface area contributed by atoms with Gasteiger partial charge in [0, 0.05) is 13.6 Å². The molecule has 0 aromatic heterocycles. The van der Waals surface area contributed by atoms with Gasteiger partial charge in [0.05, 0.1) is 27.4 Å². The lowest BCUT2D eigenvalue weighted by Gasteiger charge is -2.36.